The topological polar surface area (TPSA) is 47.6 Å². The van der Waals surface area contributed by atoms with E-state index in [0.717, 1.165) is 29.5 Å². The second kappa shape index (κ2) is 6.41. The molecular formula is C14H8Br2N2S2. The zero-order chi connectivity index (χ0) is 14.9. The Bertz CT molecular complexity index is 722. The molecule has 0 aliphatic heterocycles. The van der Waals surface area contributed by atoms with E-state index in [2.05, 4.69) is 44.0 Å². The van der Waals surface area contributed by atoms with E-state index in [9.17, 15) is 10.5 Å². The summed E-state index contributed by atoms with van der Waals surface area (Å²) >= 11 is 10.0. The van der Waals surface area contributed by atoms with E-state index in [0.29, 0.717) is 11.1 Å². The number of halogens is 2. The molecule has 0 saturated carbocycles. The summed E-state index contributed by atoms with van der Waals surface area (Å²) in [6, 6.07) is 8.36. The molecule has 2 aromatic rings. The van der Waals surface area contributed by atoms with E-state index in [4.69, 9.17) is 0 Å². The fraction of sp³-hybridized carbons (Fsp3) is 0.143. The van der Waals surface area contributed by atoms with E-state index in [-0.39, 0.29) is 0 Å². The molecule has 100 valence electrons. The van der Waals surface area contributed by atoms with Crippen LogP contribution in [-0.2, 0) is 0 Å². The lowest BCUT2D eigenvalue weighted by atomic mass is 10.0. The van der Waals surface area contributed by atoms with Gasteiger partial charge < -0.3 is 0 Å². The van der Waals surface area contributed by atoms with Crippen LogP contribution >= 0.6 is 55.4 Å². The molecule has 0 aliphatic carbocycles. The molecule has 0 spiro atoms. The van der Waals surface area contributed by atoms with Gasteiger partial charge in [-0.3, -0.25) is 0 Å². The van der Waals surface area contributed by atoms with Crippen LogP contribution in [0.15, 0.2) is 30.9 Å². The largest absolute Gasteiger partial charge is 0.192 e. The predicted octanol–water partition coefficient (Wildman–Crippen LogP) is 5.55. The average molecular weight is 428 g/mol. The van der Waals surface area contributed by atoms with E-state index >= 15 is 0 Å². The first-order chi connectivity index (χ1) is 9.58. The lowest BCUT2D eigenvalue weighted by Gasteiger charge is -2.13. The van der Waals surface area contributed by atoms with Crippen LogP contribution in [0.4, 0.5) is 0 Å². The highest BCUT2D eigenvalue weighted by Crippen LogP contribution is 2.41. The molecule has 0 atom stereocenters. The summed E-state index contributed by atoms with van der Waals surface area (Å²) in [4.78, 5) is 1.79. The number of hydrogen-bond donors (Lipinski definition) is 0. The second-order valence-electron chi connectivity index (χ2n) is 3.85. The third-order valence-electron chi connectivity index (χ3n) is 2.89. The van der Waals surface area contributed by atoms with Gasteiger partial charge in [-0.05, 0) is 56.5 Å². The molecule has 20 heavy (non-hydrogen) atoms. The van der Waals surface area contributed by atoms with Crippen LogP contribution in [0.3, 0.4) is 0 Å². The summed E-state index contributed by atoms with van der Waals surface area (Å²) in [5.41, 5.74) is 1.21. The quantitative estimate of drug-likeness (QED) is 0.589. The minimum absolute atomic E-state index is 0.603. The Morgan fingerprint density at radius 3 is 1.45 bits per heavy atom. The summed E-state index contributed by atoms with van der Waals surface area (Å²) in [5, 5.41) is 20.5. The molecule has 0 saturated heterocycles. The van der Waals surface area contributed by atoms with Gasteiger partial charge in [-0.25, -0.2) is 0 Å². The fourth-order valence-electron chi connectivity index (χ4n) is 2.06. The number of thioether (sulfide) groups is 2. The molecule has 0 amide bonds. The third-order valence-corrected chi connectivity index (χ3v) is 6.33. The lowest BCUT2D eigenvalue weighted by Crippen LogP contribution is -1.92. The van der Waals surface area contributed by atoms with Crippen molar-refractivity contribution in [2.45, 2.75) is 9.79 Å². The van der Waals surface area contributed by atoms with Crippen molar-refractivity contribution in [1.29, 1.82) is 10.5 Å². The number of rotatable bonds is 2. The van der Waals surface area contributed by atoms with Gasteiger partial charge in [0, 0.05) is 29.5 Å². The van der Waals surface area contributed by atoms with Crippen molar-refractivity contribution in [2.75, 3.05) is 12.5 Å². The van der Waals surface area contributed by atoms with Gasteiger partial charge in [0.2, 0.25) is 0 Å². The Labute approximate surface area is 142 Å². The van der Waals surface area contributed by atoms with Gasteiger partial charge in [0.25, 0.3) is 0 Å². The minimum atomic E-state index is 0.603. The van der Waals surface area contributed by atoms with Crippen LogP contribution in [0.2, 0.25) is 0 Å². The molecule has 6 heteroatoms. The van der Waals surface area contributed by atoms with Gasteiger partial charge in [0.05, 0.1) is 11.1 Å². The number of fused-ring (bicyclic) bond motifs is 1. The second-order valence-corrected chi connectivity index (χ2v) is 7.19. The maximum Gasteiger partial charge on any atom is 0.101 e. The predicted molar refractivity (Wildman–Crippen MR) is 92.3 cm³/mol. The number of hydrogen-bond acceptors (Lipinski definition) is 4. The lowest BCUT2D eigenvalue weighted by molar-refractivity contribution is 1.33. The summed E-state index contributed by atoms with van der Waals surface area (Å²) < 4.78 is 1.69. The molecule has 2 aromatic carbocycles. The van der Waals surface area contributed by atoms with Crippen LogP contribution in [0.1, 0.15) is 11.1 Å². The van der Waals surface area contributed by atoms with Gasteiger partial charge in [-0.15, -0.1) is 23.5 Å². The summed E-state index contributed by atoms with van der Waals surface area (Å²) in [6.45, 7) is 0. The Morgan fingerprint density at radius 1 is 0.850 bits per heavy atom. The van der Waals surface area contributed by atoms with Crippen LogP contribution in [0, 0.1) is 22.7 Å². The first kappa shape index (κ1) is 15.7. The normalized spacial score (nSPS) is 10.3. The molecule has 0 bridgehead atoms. The Balaban J connectivity index is 3.07. The molecule has 0 aliphatic rings. The van der Waals surface area contributed by atoms with Crippen LogP contribution in [0.5, 0.6) is 0 Å². The van der Waals surface area contributed by atoms with Gasteiger partial charge >= 0.3 is 0 Å². The van der Waals surface area contributed by atoms with Gasteiger partial charge in [-0.2, -0.15) is 10.5 Å². The average Bonchev–Trinajstić information content (AvgIpc) is 2.45. The highest BCUT2D eigenvalue weighted by molar-refractivity contribution is 9.10. The summed E-state index contributed by atoms with van der Waals surface area (Å²) in [5.74, 6) is 0. The summed E-state index contributed by atoms with van der Waals surface area (Å²) in [6.07, 6.45) is 3.87. The van der Waals surface area contributed by atoms with Crippen molar-refractivity contribution < 1.29 is 0 Å². The molecule has 0 aromatic heterocycles. The molecule has 0 unspecified atom stereocenters. The highest BCUT2D eigenvalue weighted by Gasteiger charge is 2.18. The maximum atomic E-state index is 9.47. The van der Waals surface area contributed by atoms with E-state index in [1.165, 1.54) is 23.5 Å². The van der Waals surface area contributed by atoms with Crippen molar-refractivity contribution in [1.82, 2.24) is 0 Å². The Kier molecular flexibility index (Phi) is 5.04. The van der Waals surface area contributed by atoms with Crippen molar-refractivity contribution in [3.8, 4) is 12.1 Å². The van der Waals surface area contributed by atoms with Gasteiger partial charge in [0.15, 0.2) is 0 Å². The standard InChI is InChI=1S/C14H8Br2N2S2/c1-19-13-9(5-17)7-4-12(16)14(20-2)10(6-18)8(7)3-11(13)15/h3-4H,1-2H3. The van der Waals surface area contributed by atoms with Crippen LogP contribution in [0.25, 0.3) is 10.8 Å². The molecule has 2 rings (SSSR count). The van der Waals surface area contributed by atoms with Crippen molar-refractivity contribution in [2.24, 2.45) is 0 Å². The van der Waals surface area contributed by atoms with Crippen LogP contribution in [-0.4, -0.2) is 12.5 Å². The van der Waals surface area contributed by atoms with Gasteiger partial charge in [0.1, 0.15) is 12.1 Å². The maximum absolute atomic E-state index is 9.47. The fourth-order valence-corrected chi connectivity index (χ4v) is 5.11. The molecule has 0 N–H and O–H groups in total. The number of benzene rings is 2. The van der Waals surface area contributed by atoms with Crippen molar-refractivity contribution in [3.63, 3.8) is 0 Å². The molecule has 0 radical (unpaired) electrons. The van der Waals surface area contributed by atoms with E-state index < -0.39 is 0 Å². The monoisotopic (exact) mass is 426 g/mol. The molecule has 2 nitrogen and oxygen atoms in total. The first-order valence-corrected chi connectivity index (χ1v) is 9.49. The third kappa shape index (κ3) is 2.46. The molecule has 0 heterocycles. The SMILES string of the molecule is CSc1c(Br)cc2c(C#N)c(SC)c(Br)cc2c1C#N. The molecule has 0 fully saturated rings. The van der Waals surface area contributed by atoms with Gasteiger partial charge in [-0.1, -0.05) is 0 Å². The first-order valence-electron chi connectivity index (χ1n) is 5.45. The van der Waals surface area contributed by atoms with Crippen molar-refractivity contribution in [3.05, 3.63) is 32.2 Å². The van der Waals surface area contributed by atoms with E-state index in [1.54, 1.807) is 0 Å². The zero-order valence-corrected chi connectivity index (χ0v) is 15.4. The highest BCUT2D eigenvalue weighted by atomic mass is 79.9. The number of nitriles is 2. The Hall–Kier alpha value is -0.660. The molecular weight excluding hydrogens is 420 g/mol. The smallest absolute Gasteiger partial charge is 0.101 e. The Morgan fingerprint density at radius 2 is 1.20 bits per heavy atom. The van der Waals surface area contributed by atoms with E-state index in [1.807, 2.05) is 24.6 Å². The zero-order valence-electron chi connectivity index (χ0n) is 10.6. The number of nitrogens with zero attached hydrogens (tertiary/aromatic N) is 2. The summed E-state index contributed by atoms with van der Waals surface area (Å²) in [7, 11) is 0. The van der Waals surface area contributed by atoms with Crippen molar-refractivity contribution >= 4 is 66.2 Å². The minimum Gasteiger partial charge on any atom is -0.192 e. The van der Waals surface area contributed by atoms with Crippen LogP contribution < -0.4 is 0 Å².